The van der Waals surface area contributed by atoms with Gasteiger partial charge in [0.15, 0.2) is 0 Å². The predicted molar refractivity (Wildman–Crippen MR) is 82.1 cm³/mol. The Bertz CT molecular complexity index is 558. The molecule has 0 radical (unpaired) electrons. The van der Waals surface area contributed by atoms with Crippen LogP contribution in [0.25, 0.3) is 0 Å². The van der Waals surface area contributed by atoms with E-state index >= 15 is 0 Å². The fourth-order valence-corrected chi connectivity index (χ4v) is 4.94. The Balaban J connectivity index is 2.99. The molecule has 8 nitrogen and oxygen atoms in total. The largest absolute Gasteiger partial charge is 0.288 e. The molecule has 2 atom stereocenters. The molecule has 0 spiro atoms. The summed E-state index contributed by atoms with van der Waals surface area (Å²) < 4.78 is 54.8. The molecule has 2 unspecified atom stereocenters. The Labute approximate surface area is 132 Å². The third-order valence-electron chi connectivity index (χ3n) is 4.71. The molecule has 1 aliphatic carbocycles. The van der Waals surface area contributed by atoms with Crippen LogP contribution in [0.2, 0.25) is 0 Å². The van der Waals surface area contributed by atoms with E-state index < -0.39 is 30.2 Å². The normalized spacial score (nSPS) is 26.0. The van der Waals surface area contributed by atoms with Crippen LogP contribution in [0.5, 0.6) is 0 Å². The van der Waals surface area contributed by atoms with Gasteiger partial charge in [0, 0.05) is 0 Å². The number of rotatable bonds is 5. The van der Waals surface area contributed by atoms with Crippen molar-refractivity contribution < 1.29 is 25.4 Å². The van der Waals surface area contributed by atoms with E-state index in [9.17, 15) is 16.8 Å². The third kappa shape index (κ3) is 4.39. The molecule has 0 aromatic carbocycles. The van der Waals surface area contributed by atoms with Crippen LogP contribution in [0, 0.1) is 5.92 Å². The van der Waals surface area contributed by atoms with Crippen molar-refractivity contribution in [2.45, 2.75) is 68.8 Å². The molecular weight excluding hydrogens is 332 g/mol. The van der Waals surface area contributed by atoms with E-state index in [-0.39, 0.29) is 5.92 Å². The molecule has 4 N–H and O–H groups in total. The van der Waals surface area contributed by atoms with Crippen molar-refractivity contribution in [1.29, 1.82) is 0 Å². The highest BCUT2D eigenvalue weighted by molar-refractivity contribution is 7.88. The maximum atomic E-state index is 12.0. The number of hydrogen-bond acceptors (Lipinski definition) is 8. The summed E-state index contributed by atoms with van der Waals surface area (Å²) in [6, 6.07) is 0. The second-order valence-electron chi connectivity index (χ2n) is 6.28. The zero-order chi connectivity index (χ0) is 17.0. The lowest BCUT2D eigenvalue weighted by molar-refractivity contribution is 0.269. The van der Waals surface area contributed by atoms with Crippen molar-refractivity contribution in [3.8, 4) is 0 Å². The van der Waals surface area contributed by atoms with Gasteiger partial charge in [0.25, 0.3) is 20.2 Å². The maximum absolute atomic E-state index is 12.0. The van der Waals surface area contributed by atoms with Gasteiger partial charge in [-0.25, -0.2) is 0 Å². The molecule has 10 heteroatoms. The molecule has 0 heterocycles. The van der Waals surface area contributed by atoms with E-state index in [1.165, 1.54) is 0 Å². The first kappa shape index (κ1) is 19.8. The van der Waals surface area contributed by atoms with E-state index in [1.807, 2.05) is 0 Å². The third-order valence-corrected chi connectivity index (χ3v) is 8.14. The molecule has 0 aromatic rings. The molecule has 1 fully saturated rings. The fourth-order valence-electron chi connectivity index (χ4n) is 3.01. The molecule has 132 valence electrons. The maximum Gasteiger partial charge on any atom is 0.288 e. The number of nitrogens with two attached hydrogens (primary N) is 2. The summed E-state index contributed by atoms with van der Waals surface area (Å²) in [7, 11) is -7.74. The Morgan fingerprint density at radius 3 is 2.00 bits per heavy atom. The summed E-state index contributed by atoms with van der Waals surface area (Å²) in [5.41, 5.74) is 0. The first-order chi connectivity index (χ1) is 10.1. The Hall–Kier alpha value is -0.260. The molecule has 1 saturated carbocycles. The molecule has 0 aromatic heterocycles. The van der Waals surface area contributed by atoms with Gasteiger partial charge in [-0.2, -0.15) is 37.2 Å². The van der Waals surface area contributed by atoms with Crippen molar-refractivity contribution in [3.63, 3.8) is 0 Å². The van der Waals surface area contributed by atoms with Gasteiger partial charge in [-0.3, -0.25) is 0 Å². The average Bonchev–Trinajstić information content (AvgIpc) is 2.59. The average molecular weight is 358 g/mol. The summed E-state index contributed by atoms with van der Waals surface area (Å²) in [6.07, 6.45) is 4.24. The highest BCUT2D eigenvalue weighted by Crippen LogP contribution is 2.37. The van der Waals surface area contributed by atoms with E-state index in [0.717, 1.165) is 19.3 Å². The summed E-state index contributed by atoms with van der Waals surface area (Å²) in [5.74, 6) is 9.50. The van der Waals surface area contributed by atoms with E-state index in [0.29, 0.717) is 25.7 Å². The van der Waals surface area contributed by atoms with Crippen molar-refractivity contribution in [2.24, 2.45) is 17.7 Å². The van der Waals surface area contributed by atoms with Crippen LogP contribution < -0.4 is 11.8 Å². The highest BCUT2D eigenvalue weighted by Gasteiger charge is 2.43. The van der Waals surface area contributed by atoms with Gasteiger partial charge in [-0.15, -0.1) is 0 Å². The summed E-state index contributed by atoms with van der Waals surface area (Å²) in [4.78, 5) is 0. The van der Waals surface area contributed by atoms with Crippen molar-refractivity contribution in [2.75, 3.05) is 0 Å². The highest BCUT2D eigenvalue weighted by atomic mass is 32.2. The minimum Gasteiger partial charge on any atom is -0.198 e. The smallest absolute Gasteiger partial charge is 0.198 e. The molecular formula is C12H26N2O6S2. The zero-order valence-electron chi connectivity index (χ0n) is 13.0. The van der Waals surface area contributed by atoms with Crippen LogP contribution in [0.3, 0.4) is 0 Å². The minimum absolute atomic E-state index is 0.255. The zero-order valence-corrected chi connectivity index (χ0v) is 14.7. The van der Waals surface area contributed by atoms with E-state index in [1.54, 1.807) is 13.8 Å². The summed E-state index contributed by atoms with van der Waals surface area (Å²) >= 11 is 0. The van der Waals surface area contributed by atoms with Gasteiger partial charge in [0.2, 0.25) is 0 Å². The van der Waals surface area contributed by atoms with Crippen molar-refractivity contribution in [1.82, 2.24) is 0 Å². The van der Waals surface area contributed by atoms with Gasteiger partial charge >= 0.3 is 0 Å². The fraction of sp³-hybridized carbons (Fsp3) is 1.00. The first-order valence-electron chi connectivity index (χ1n) is 7.33. The standard InChI is InChI=1S/C12H26N2O6S2/c1-12(2,22(17,18)20-14)10-6-4-3-5-7-11(9-8-10)21(15,16)19-13/h10-11H,3-9,13-14H2,1-2H3. The molecule has 0 bridgehead atoms. The second-order valence-corrected chi connectivity index (χ2v) is 10.3. The van der Waals surface area contributed by atoms with Gasteiger partial charge in [-0.1, -0.05) is 19.3 Å². The van der Waals surface area contributed by atoms with Gasteiger partial charge in [0.1, 0.15) is 0 Å². The quantitative estimate of drug-likeness (QED) is 0.692. The predicted octanol–water partition coefficient (Wildman–Crippen LogP) is 0.934. The van der Waals surface area contributed by atoms with Gasteiger partial charge in [-0.05, 0) is 45.4 Å². The Kier molecular flexibility index (Phi) is 6.78. The molecule has 0 amide bonds. The van der Waals surface area contributed by atoms with Crippen LogP contribution in [0.1, 0.15) is 58.8 Å². The van der Waals surface area contributed by atoms with Crippen LogP contribution in [0.4, 0.5) is 0 Å². The monoisotopic (exact) mass is 358 g/mol. The molecule has 1 rings (SSSR count). The lowest BCUT2D eigenvalue weighted by atomic mass is 9.86. The van der Waals surface area contributed by atoms with E-state index in [2.05, 4.69) is 8.57 Å². The molecule has 22 heavy (non-hydrogen) atoms. The van der Waals surface area contributed by atoms with Crippen LogP contribution in [-0.2, 0) is 28.8 Å². The van der Waals surface area contributed by atoms with Crippen LogP contribution in [-0.4, -0.2) is 26.8 Å². The summed E-state index contributed by atoms with van der Waals surface area (Å²) in [6.45, 7) is 3.11. The Morgan fingerprint density at radius 2 is 1.45 bits per heavy atom. The molecule has 0 saturated heterocycles. The lowest BCUT2D eigenvalue weighted by Crippen LogP contribution is -2.42. The van der Waals surface area contributed by atoms with E-state index in [4.69, 9.17) is 11.8 Å². The summed E-state index contributed by atoms with van der Waals surface area (Å²) in [5, 5.41) is -0.713. The van der Waals surface area contributed by atoms with Gasteiger partial charge in [0.05, 0.1) is 10.00 Å². The van der Waals surface area contributed by atoms with Crippen LogP contribution >= 0.6 is 0 Å². The lowest BCUT2D eigenvalue weighted by Gasteiger charge is -2.32. The van der Waals surface area contributed by atoms with Crippen molar-refractivity contribution in [3.05, 3.63) is 0 Å². The molecule has 0 aliphatic heterocycles. The van der Waals surface area contributed by atoms with Gasteiger partial charge < -0.3 is 0 Å². The van der Waals surface area contributed by atoms with Crippen molar-refractivity contribution >= 4 is 20.2 Å². The van der Waals surface area contributed by atoms with Crippen LogP contribution in [0.15, 0.2) is 0 Å². The minimum atomic E-state index is -3.92. The second kappa shape index (κ2) is 7.54. The SMILES string of the molecule is CC(C)(C1CCCCCC(S(=O)(=O)ON)CC1)S(=O)(=O)ON. The number of hydrogen-bond donors (Lipinski definition) is 2. The first-order valence-corrected chi connectivity index (χ1v) is 10.2. The topological polar surface area (TPSA) is 139 Å². The Morgan fingerprint density at radius 1 is 0.864 bits per heavy atom. The molecule has 1 aliphatic rings.